The van der Waals surface area contributed by atoms with Crippen LogP contribution in [0.4, 0.5) is 0 Å². The minimum atomic E-state index is -0.696. The van der Waals surface area contributed by atoms with Crippen molar-refractivity contribution < 1.29 is 42.9 Å². The third kappa shape index (κ3) is 15.7. The minimum absolute atomic E-state index is 0.122. The van der Waals surface area contributed by atoms with E-state index in [0.717, 1.165) is 12.8 Å². The zero-order valence-corrected chi connectivity index (χ0v) is 35.0. The number of hydrogen-bond acceptors (Lipinski definition) is 9. The van der Waals surface area contributed by atoms with Crippen LogP contribution in [0.1, 0.15) is 138 Å². The second kappa shape index (κ2) is 24.9. The summed E-state index contributed by atoms with van der Waals surface area (Å²) in [6.45, 7) is 2.90. The van der Waals surface area contributed by atoms with Gasteiger partial charge in [0.2, 0.25) is 0 Å². The van der Waals surface area contributed by atoms with Crippen molar-refractivity contribution in [3.63, 3.8) is 0 Å². The van der Waals surface area contributed by atoms with Gasteiger partial charge in [0.1, 0.15) is 28.7 Å². The first-order chi connectivity index (χ1) is 29.3. The van der Waals surface area contributed by atoms with Crippen LogP contribution < -0.4 is 23.7 Å². The fourth-order valence-corrected chi connectivity index (χ4v) is 6.47. The van der Waals surface area contributed by atoms with E-state index in [1.807, 2.05) is 0 Å². The highest BCUT2D eigenvalue weighted by atomic mass is 35.5. The third-order valence-electron chi connectivity index (χ3n) is 9.76. The molecule has 0 spiro atoms. The first kappa shape index (κ1) is 45.2. The Balaban J connectivity index is 0.976. The van der Waals surface area contributed by atoms with Crippen LogP contribution in [-0.2, 0) is 0 Å². The van der Waals surface area contributed by atoms with Crippen molar-refractivity contribution in [2.24, 2.45) is 0 Å². The summed E-state index contributed by atoms with van der Waals surface area (Å²) in [6, 6.07) is 31.0. The molecule has 0 saturated carbocycles. The van der Waals surface area contributed by atoms with E-state index in [4.69, 9.17) is 35.3 Å². The quantitative estimate of drug-likeness (QED) is 0.0340. The van der Waals surface area contributed by atoms with E-state index in [9.17, 15) is 19.2 Å². The van der Waals surface area contributed by atoms with Gasteiger partial charge < -0.3 is 23.7 Å². The van der Waals surface area contributed by atoms with Crippen LogP contribution in [0, 0.1) is 0 Å². The summed E-state index contributed by atoms with van der Waals surface area (Å²) in [5.74, 6) is -0.884. The molecule has 5 rings (SSSR count). The largest absolute Gasteiger partial charge is 0.494 e. The fraction of sp³-hybridized carbons (Fsp3) is 0.320. The molecule has 0 aliphatic heterocycles. The van der Waals surface area contributed by atoms with Crippen molar-refractivity contribution in [3.8, 4) is 28.7 Å². The Kier molecular flexibility index (Phi) is 18.7. The van der Waals surface area contributed by atoms with Crippen molar-refractivity contribution in [2.75, 3.05) is 6.61 Å². The second-order valence-electron chi connectivity index (χ2n) is 14.6. The number of esters is 4. The number of unbranched alkanes of at least 4 members (excludes halogenated alkanes) is 13. The van der Waals surface area contributed by atoms with Gasteiger partial charge in [0.05, 0.1) is 28.9 Å². The summed E-state index contributed by atoms with van der Waals surface area (Å²) in [5.41, 5.74) is 0.967. The molecular weight excluding hydrogens is 780 g/mol. The summed E-state index contributed by atoms with van der Waals surface area (Å²) in [6.07, 6.45) is 18.3. The molecule has 0 saturated heterocycles. The molecule has 0 fully saturated rings. The molecule has 10 heteroatoms. The predicted molar refractivity (Wildman–Crippen MR) is 233 cm³/mol. The lowest BCUT2D eigenvalue weighted by molar-refractivity contribution is 0.0712. The molecule has 60 heavy (non-hydrogen) atoms. The highest BCUT2D eigenvalue weighted by Gasteiger charge is 2.16. The number of rotatable bonds is 24. The number of hydrogen-bond donors (Lipinski definition) is 0. The van der Waals surface area contributed by atoms with E-state index in [2.05, 4.69) is 6.92 Å². The second-order valence-corrected chi connectivity index (χ2v) is 15.0. The Morgan fingerprint density at radius 1 is 0.383 bits per heavy atom. The first-order valence-corrected chi connectivity index (χ1v) is 21.3. The molecule has 0 radical (unpaired) electrons. The van der Waals surface area contributed by atoms with Crippen molar-refractivity contribution in [1.82, 2.24) is 0 Å². The smallest absolute Gasteiger partial charge is 0.343 e. The van der Waals surface area contributed by atoms with Crippen molar-refractivity contribution in [1.29, 1.82) is 0 Å². The minimum Gasteiger partial charge on any atom is -0.494 e. The molecule has 0 aliphatic carbocycles. The number of benzene rings is 5. The maximum absolute atomic E-state index is 12.9. The van der Waals surface area contributed by atoms with Gasteiger partial charge in [0.15, 0.2) is 0 Å². The Morgan fingerprint density at radius 2 is 0.733 bits per heavy atom. The van der Waals surface area contributed by atoms with E-state index in [1.165, 1.54) is 144 Å². The van der Waals surface area contributed by atoms with Crippen LogP contribution in [0.25, 0.3) is 0 Å². The topological polar surface area (TPSA) is 114 Å². The molecule has 0 bridgehead atoms. The van der Waals surface area contributed by atoms with Gasteiger partial charge in [-0.05, 0) is 122 Å². The molecule has 5 aromatic rings. The van der Waals surface area contributed by atoms with Gasteiger partial charge >= 0.3 is 23.9 Å². The van der Waals surface area contributed by atoms with Crippen LogP contribution in [0.3, 0.4) is 0 Å². The number of carbonyl (C=O) groups is 4. The summed E-state index contributed by atoms with van der Waals surface area (Å²) in [4.78, 5) is 51.1. The zero-order chi connectivity index (χ0) is 42.4. The molecular formula is C50H53ClO9. The molecule has 5 aromatic carbocycles. The molecule has 0 aliphatic rings. The van der Waals surface area contributed by atoms with Gasteiger partial charge in [-0.3, -0.25) is 0 Å². The average Bonchev–Trinajstić information content (AvgIpc) is 3.26. The molecule has 0 N–H and O–H groups in total. The van der Waals surface area contributed by atoms with Gasteiger partial charge in [-0.25, -0.2) is 19.2 Å². The predicted octanol–water partition coefficient (Wildman–Crippen LogP) is 13.1. The summed E-state index contributed by atoms with van der Waals surface area (Å²) in [7, 11) is 0. The Morgan fingerprint density at radius 3 is 1.17 bits per heavy atom. The molecule has 9 nitrogen and oxygen atoms in total. The van der Waals surface area contributed by atoms with Crippen molar-refractivity contribution in [3.05, 3.63) is 149 Å². The van der Waals surface area contributed by atoms with E-state index in [-0.39, 0.29) is 33.9 Å². The Labute approximate surface area is 357 Å². The SMILES string of the molecule is CCCCCCCCCCCCCCCCOc1ccc(C(=O)Oc2ccc(C(=O)Oc3cccc(C(=O)Oc4ccc(C(=O)Oc5ccc(Cl)cc5)cc4)c3)cc2)cc1. The molecule has 0 aromatic heterocycles. The molecule has 0 heterocycles. The Bertz CT molecular complexity index is 2090. The van der Waals surface area contributed by atoms with Crippen LogP contribution >= 0.6 is 11.6 Å². The van der Waals surface area contributed by atoms with Crippen molar-refractivity contribution >= 4 is 35.5 Å². The van der Waals surface area contributed by atoms with Gasteiger partial charge in [-0.15, -0.1) is 0 Å². The highest BCUT2D eigenvalue weighted by molar-refractivity contribution is 6.30. The van der Waals surface area contributed by atoms with Gasteiger partial charge in [-0.1, -0.05) is 108 Å². The third-order valence-corrected chi connectivity index (χ3v) is 10.0. The summed E-state index contributed by atoms with van der Waals surface area (Å²) < 4.78 is 27.7. The number of ether oxygens (including phenoxy) is 5. The van der Waals surface area contributed by atoms with Gasteiger partial charge in [0.25, 0.3) is 0 Å². The highest BCUT2D eigenvalue weighted by Crippen LogP contribution is 2.23. The number of halogens is 1. The first-order valence-electron chi connectivity index (χ1n) is 20.9. The molecule has 0 amide bonds. The lowest BCUT2D eigenvalue weighted by Gasteiger charge is -2.09. The number of carbonyl (C=O) groups excluding carboxylic acids is 4. The van der Waals surface area contributed by atoms with Crippen LogP contribution in [0.15, 0.2) is 121 Å². The monoisotopic (exact) mass is 832 g/mol. The van der Waals surface area contributed by atoms with Crippen LogP contribution in [0.2, 0.25) is 5.02 Å². The Hall–Kier alpha value is -5.93. The summed E-state index contributed by atoms with van der Waals surface area (Å²) in [5, 5.41) is 0.518. The van der Waals surface area contributed by atoms with Crippen molar-refractivity contribution in [2.45, 2.75) is 96.8 Å². The average molecular weight is 833 g/mol. The molecule has 314 valence electrons. The lowest BCUT2D eigenvalue weighted by atomic mass is 10.0. The maximum atomic E-state index is 12.9. The maximum Gasteiger partial charge on any atom is 0.343 e. The van der Waals surface area contributed by atoms with E-state index < -0.39 is 23.9 Å². The standard InChI is InChI=1S/C50H53ClO9/c1-2-3-4-5-6-7-8-9-10-11-12-13-14-15-35-56-42-27-19-37(20-28-42)47(52)57-43-29-23-39(24-30-43)49(54)60-46-18-16-17-40(36-46)50(55)59-44-31-21-38(22-32-44)48(53)58-45-33-25-41(51)26-34-45/h16-34,36H,2-15,35H2,1H3. The van der Waals surface area contributed by atoms with E-state index in [1.54, 1.807) is 54.6 Å². The lowest BCUT2D eigenvalue weighted by Crippen LogP contribution is -2.12. The van der Waals surface area contributed by atoms with Crippen LogP contribution in [-0.4, -0.2) is 30.5 Å². The van der Waals surface area contributed by atoms with E-state index >= 15 is 0 Å². The zero-order valence-electron chi connectivity index (χ0n) is 34.2. The van der Waals surface area contributed by atoms with Crippen LogP contribution in [0.5, 0.6) is 28.7 Å². The summed E-state index contributed by atoms with van der Waals surface area (Å²) >= 11 is 5.87. The molecule has 0 unspecified atom stereocenters. The van der Waals surface area contributed by atoms with Gasteiger partial charge in [-0.2, -0.15) is 0 Å². The van der Waals surface area contributed by atoms with E-state index in [0.29, 0.717) is 28.7 Å². The fourth-order valence-electron chi connectivity index (χ4n) is 6.35. The molecule has 0 atom stereocenters. The normalized spacial score (nSPS) is 10.8. The van der Waals surface area contributed by atoms with Gasteiger partial charge in [0, 0.05) is 5.02 Å².